The third-order valence-corrected chi connectivity index (χ3v) is 8.45. The van der Waals surface area contributed by atoms with E-state index in [4.69, 9.17) is 4.74 Å². The van der Waals surface area contributed by atoms with Gasteiger partial charge in [-0.1, -0.05) is 74.7 Å². The zero-order valence-electron chi connectivity index (χ0n) is 21.1. The Morgan fingerprint density at radius 3 is 2.49 bits per heavy atom. The highest BCUT2D eigenvalue weighted by Crippen LogP contribution is 2.56. The molecule has 1 spiro atoms. The maximum Gasteiger partial charge on any atom is 0.246 e. The minimum absolute atomic E-state index is 0.0924. The molecule has 7 nitrogen and oxygen atoms in total. The highest BCUT2D eigenvalue weighted by Gasteiger charge is 2.73. The minimum Gasteiger partial charge on any atom is -0.359 e. The molecule has 4 aliphatic rings. The lowest BCUT2D eigenvalue weighted by Gasteiger charge is -2.34. The van der Waals surface area contributed by atoms with Crippen LogP contribution >= 0.6 is 0 Å². The van der Waals surface area contributed by atoms with E-state index in [9.17, 15) is 14.4 Å². The normalized spacial score (nSPS) is 30.4. The van der Waals surface area contributed by atoms with Crippen LogP contribution in [-0.2, 0) is 25.5 Å². The number of hydrogen-bond donors (Lipinski definition) is 2. The van der Waals surface area contributed by atoms with Gasteiger partial charge in [-0.2, -0.15) is 0 Å². The number of fused-ring (bicyclic) bond motifs is 1. The Morgan fingerprint density at radius 1 is 1.00 bits per heavy atom. The van der Waals surface area contributed by atoms with E-state index in [0.717, 1.165) is 31.2 Å². The number of para-hydroxylation sites is 2. The van der Waals surface area contributed by atoms with Gasteiger partial charge in [0.25, 0.3) is 0 Å². The number of carbonyl (C=O) groups excluding carboxylic acids is 3. The van der Waals surface area contributed by atoms with E-state index >= 15 is 0 Å². The average molecular weight is 500 g/mol. The second-order valence-corrected chi connectivity index (χ2v) is 10.6. The molecule has 2 aromatic carbocycles. The molecule has 7 heteroatoms. The molecule has 0 unspecified atom stereocenters. The van der Waals surface area contributed by atoms with Crippen LogP contribution in [0.4, 0.5) is 11.4 Å². The average Bonchev–Trinajstić information content (AvgIpc) is 3.57. The van der Waals surface area contributed by atoms with Gasteiger partial charge < -0.3 is 15.4 Å². The summed E-state index contributed by atoms with van der Waals surface area (Å²) >= 11 is 0. The number of nitrogens with zero attached hydrogens (tertiary/aromatic N) is 1. The molecule has 5 atom stereocenters. The lowest BCUT2D eigenvalue weighted by Crippen LogP contribution is -2.56. The van der Waals surface area contributed by atoms with Gasteiger partial charge in [0.15, 0.2) is 0 Å². The van der Waals surface area contributed by atoms with E-state index in [1.807, 2.05) is 73.7 Å². The summed E-state index contributed by atoms with van der Waals surface area (Å²) in [5.41, 5.74) is 1.18. The van der Waals surface area contributed by atoms with Crippen LogP contribution in [0.3, 0.4) is 0 Å². The van der Waals surface area contributed by atoms with Crippen molar-refractivity contribution in [2.75, 3.05) is 10.2 Å². The van der Waals surface area contributed by atoms with Crippen LogP contribution in [0.1, 0.15) is 44.6 Å². The van der Waals surface area contributed by atoms with Gasteiger partial charge >= 0.3 is 0 Å². The lowest BCUT2D eigenvalue weighted by molar-refractivity contribution is -0.129. The van der Waals surface area contributed by atoms with Crippen molar-refractivity contribution < 1.29 is 19.1 Å². The van der Waals surface area contributed by atoms with Crippen LogP contribution in [-0.4, -0.2) is 41.5 Å². The predicted molar refractivity (Wildman–Crippen MR) is 141 cm³/mol. The quantitative estimate of drug-likeness (QED) is 0.589. The Hall–Kier alpha value is -3.45. The van der Waals surface area contributed by atoms with Gasteiger partial charge in [0, 0.05) is 17.4 Å². The van der Waals surface area contributed by atoms with E-state index < -0.39 is 29.6 Å². The zero-order valence-corrected chi connectivity index (χ0v) is 21.1. The van der Waals surface area contributed by atoms with Crippen LogP contribution in [0.2, 0.25) is 0 Å². The minimum atomic E-state index is -1.18. The van der Waals surface area contributed by atoms with Crippen molar-refractivity contribution >= 4 is 29.1 Å². The van der Waals surface area contributed by atoms with Crippen LogP contribution in [0.5, 0.6) is 0 Å². The molecule has 37 heavy (non-hydrogen) atoms. The molecule has 1 aliphatic carbocycles. The molecule has 6 rings (SSSR count). The largest absolute Gasteiger partial charge is 0.359 e. The molecule has 0 aromatic heterocycles. The number of aryl methyl sites for hydroxylation is 1. The Kier molecular flexibility index (Phi) is 6.11. The summed E-state index contributed by atoms with van der Waals surface area (Å²) in [6.45, 7) is 2.04. The molecule has 3 heterocycles. The molecule has 2 aromatic rings. The second-order valence-electron chi connectivity index (χ2n) is 10.6. The van der Waals surface area contributed by atoms with E-state index in [1.54, 1.807) is 4.90 Å². The molecular formula is C30H33N3O4. The molecule has 3 amide bonds. The molecule has 192 valence electrons. The standard InChI is InChI=1S/C30H33N3O4/c1-2-19-11-9-10-16-22(19)33-26(28(35)32-21-14-7-4-8-15-21)30-18-17-23(37-30)24(25(30)29(33)36)27(34)31-20-12-5-3-6-13-20/h3,5-6,9-13,16-18,21,23-26H,2,4,7-8,14-15H2,1H3,(H,31,34)(H,32,35)/t23-,24+,25-,26+,30+/m1/s1. The number of benzene rings is 2. The molecular weight excluding hydrogens is 466 g/mol. The molecule has 1 saturated carbocycles. The summed E-state index contributed by atoms with van der Waals surface area (Å²) in [6, 6.07) is 16.1. The Labute approximate surface area is 217 Å². The summed E-state index contributed by atoms with van der Waals surface area (Å²) in [5, 5.41) is 6.21. The van der Waals surface area contributed by atoms with Gasteiger partial charge in [-0.25, -0.2) is 0 Å². The second kappa shape index (κ2) is 9.45. The van der Waals surface area contributed by atoms with Crippen molar-refractivity contribution in [1.82, 2.24) is 5.32 Å². The first-order valence-corrected chi connectivity index (χ1v) is 13.5. The first kappa shape index (κ1) is 23.9. The third kappa shape index (κ3) is 3.87. The molecule has 3 aliphatic heterocycles. The molecule has 3 fully saturated rings. The van der Waals surface area contributed by atoms with Gasteiger partial charge in [-0.15, -0.1) is 0 Å². The van der Waals surface area contributed by atoms with Crippen molar-refractivity contribution in [1.29, 1.82) is 0 Å². The summed E-state index contributed by atoms with van der Waals surface area (Å²) in [4.78, 5) is 43.5. The fourth-order valence-electron chi connectivity index (χ4n) is 6.75. The zero-order chi connectivity index (χ0) is 25.6. The molecule has 2 saturated heterocycles. The van der Waals surface area contributed by atoms with Gasteiger partial charge in [-0.05, 0) is 43.0 Å². The van der Waals surface area contributed by atoms with Crippen molar-refractivity contribution in [3.63, 3.8) is 0 Å². The third-order valence-electron chi connectivity index (χ3n) is 8.45. The van der Waals surface area contributed by atoms with E-state index in [0.29, 0.717) is 17.8 Å². The Bertz CT molecular complexity index is 1240. The topological polar surface area (TPSA) is 87.7 Å². The summed E-state index contributed by atoms with van der Waals surface area (Å²) in [7, 11) is 0. The van der Waals surface area contributed by atoms with Gasteiger partial charge in [0.2, 0.25) is 17.7 Å². The highest BCUT2D eigenvalue weighted by molar-refractivity contribution is 6.11. The van der Waals surface area contributed by atoms with E-state index in [1.165, 1.54) is 6.42 Å². The fraction of sp³-hybridized carbons (Fsp3) is 0.433. The van der Waals surface area contributed by atoms with Crippen LogP contribution in [0, 0.1) is 11.8 Å². The summed E-state index contributed by atoms with van der Waals surface area (Å²) in [5.74, 6) is -2.20. The molecule has 2 bridgehead atoms. The van der Waals surface area contributed by atoms with Gasteiger partial charge in [0.05, 0.1) is 17.9 Å². The van der Waals surface area contributed by atoms with Crippen molar-refractivity contribution in [2.24, 2.45) is 11.8 Å². The lowest BCUT2D eigenvalue weighted by atomic mass is 9.74. The van der Waals surface area contributed by atoms with Crippen LogP contribution in [0.25, 0.3) is 0 Å². The van der Waals surface area contributed by atoms with E-state index in [2.05, 4.69) is 10.6 Å². The van der Waals surface area contributed by atoms with Gasteiger partial charge in [-0.3, -0.25) is 19.3 Å². The van der Waals surface area contributed by atoms with Crippen LogP contribution in [0.15, 0.2) is 66.7 Å². The number of anilines is 2. The highest BCUT2D eigenvalue weighted by atomic mass is 16.5. The van der Waals surface area contributed by atoms with Crippen molar-refractivity contribution in [3.8, 4) is 0 Å². The smallest absolute Gasteiger partial charge is 0.246 e. The van der Waals surface area contributed by atoms with Crippen molar-refractivity contribution in [2.45, 2.75) is 69.2 Å². The number of carbonyl (C=O) groups is 3. The summed E-state index contributed by atoms with van der Waals surface area (Å²) in [6.07, 6.45) is 9.13. The van der Waals surface area contributed by atoms with Gasteiger partial charge in [0.1, 0.15) is 11.6 Å². The number of rotatable bonds is 6. The maximum atomic E-state index is 14.3. The number of nitrogens with one attached hydrogen (secondary N) is 2. The number of hydrogen-bond acceptors (Lipinski definition) is 4. The Morgan fingerprint density at radius 2 is 1.73 bits per heavy atom. The van der Waals surface area contributed by atoms with E-state index in [-0.39, 0.29) is 23.8 Å². The number of amides is 3. The Balaban J connectivity index is 1.39. The monoisotopic (exact) mass is 499 g/mol. The van der Waals surface area contributed by atoms with Crippen LogP contribution < -0.4 is 15.5 Å². The summed E-state index contributed by atoms with van der Waals surface area (Å²) < 4.78 is 6.48. The first-order valence-electron chi connectivity index (χ1n) is 13.5. The predicted octanol–water partition coefficient (Wildman–Crippen LogP) is 3.99. The fourth-order valence-corrected chi connectivity index (χ4v) is 6.75. The van der Waals surface area contributed by atoms with Crippen molar-refractivity contribution in [3.05, 3.63) is 72.3 Å². The number of ether oxygens (including phenoxy) is 1. The molecule has 0 radical (unpaired) electrons. The maximum absolute atomic E-state index is 14.3. The molecule has 2 N–H and O–H groups in total. The SMILES string of the molecule is CCc1ccccc1N1C(=O)[C@H]2[C@@H](C(=O)Nc3ccccc3)[C@H]3C=C[C@@]2(O3)[C@@H]1C(=O)NC1CCCCC1. The first-order chi connectivity index (χ1) is 18.0.